The standard InChI is InChI=1S/C17H18N2O2/c1-17(2)12-19(11-15-8-7-14(9-18)20-15)10-13-5-3-4-6-16(13)21-17/h3-8H,10-12H2,1-2H3. The fourth-order valence-electron chi connectivity index (χ4n) is 2.75. The smallest absolute Gasteiger partial charge is 0.203 e. The van der Waals surface area contributed by atoms with E-state index in [-0.39, 0.29) is 5.60 Å². The third-order valence-corrected chi connectivity index (χ3v) is 3.51. The summed E-state index contributed by atoms with van der Waals surface area (Å²) in [5.74, 6) is 2.11. The van der Waals surface area contributed by atoms with Crippen molar-refractivity contribution in [2.24, 2.45) is 0 Å². The van der Waals surface area contributed by atoms with Gasteiger partial charge in [-0.15, -0.1) is 0 Å². The Morgan fingerprint density at radius 2 is 2.05 bits per heavy atom. The number of furan rings is 1. The minimum Gasteiger partial charge on any atom is -0.486 e. The predicted octanol–water partition coefficient (Wildman–Crippen LogP) is 3.32. The summed E-state index contributed by atoms with van der Waals surface area (Å²) in [5.41, 5.74) is 0.909. The Morgan fingerprint density at radius 1 is 1.24 bits per heavy atom. The number of fused-ring (bicyclic) bond motifs is 1. The van der Waals surface area contributed by atoms with Gasteiger partial charge in [0.05, 0.1) is 6.54 Å². The lowest BCUT2D eigenvalue weighted by Gasteiger charge is -2.29. The lowest BCUT2D eigenvalue weighted by molar-refractivity contribution is 0.0656. The van der Waals surface area contributed by atoms with E-state index < -0.39 is 0 Å². The van der Waals surface area contributed by atoms with Gasteiger partial charge in [-0.2, -0.15) is 5.26 Å². The molecule has 1 aliphatic rings. The zero-order chi connectivity index (χ0) is 14.9. The minimum atomic E-state index is -0.267. The number of benzene rings is 1. The van der Waals surface area contributed by atoms with E-state index in [1.165, 1.54) is 5.56 Å². The molecule has 4 heteroatoms. The van der Waals surface area contributed by atoms with Crippen molar-refractivity contribution < 1.29 is 9.15 Å². The molecule has 2 heterocycles. The summed E-state index contributed by atoms with van der Waals surface area (Å²) in [7, 11) is 0. The summed E-state index contributed by atoms with van der Waals surface area (Å²) in [6.07, 6.45) is 0. The number of para-hydroxylation sites is 1. The third-order valence-electron chi connectivity index (χ3n) is 3.51. The van der Waals surface area contributed by atoms with Crippen LogP contribution in [0.4, 0.5) is 0 Å². The van der Waals surface area contributed by atoms with Gasteiger partial charge in [0, 0.05) is 18.7 Å². The Hall–Kier alpha value is -2.25. The molecule has 0 fully saturated rings. The molecular weight excluding hydrogens is 264 g/mol. The highest BCUT2D eigenvalue weighted by Crippen LogP contribution is 2.29. The molecule has 21 heavy (non-hydrogen) atoms. The average Bonchev–Trinajstić information content (AvgIpc) is 2.82. The van der Waals surface area contributed by atoms with Gasteiger partial charge in [0.1, 0.15) is 23.2 Å². The van der Waals surface area contributed by atoms with Crippen molar-refractivity contribution in [3.05, 3.63) is 53.5 Å². The van der Waals surface area contributed by atoms with Gasteiger partial charge >= 0.3 is 0 Å². The highest BCUT2D eigenvalue weighted by atomic mass is 16.5. The molecule has 0 saturated heterocycles. The molecule has 1 aromatic heterocycles. The SMILES string of the molecule is CC1(C)CN(Cc2ccc(C#N)o2)Cc2ccccc2O1. The van der Waals surface area contributed by atoms with Crippen LogP contribution < -0.4 is 4.74 Å². The van der Waals surface area contributed by atoms with Gasteiger partial charge in [0.2, 0.25) is 5.76 Å². The van der Waals surface area contributed by atoms with Crippen molar-refractivity contribution in [1.29, 1.82) is 5.26 Å². The highest BCUT2D eigenvalue weighted by molar-refractivity contribution is 5.34. The first kappa shape index (κ1) is 13.7. The van der Waals surface area contributed by atoms with Crippen molar-refractivity contribution in [3.63, 3.8) is 0 Å². The molecule has 0 atom stereocenters. The van der Waals surface area contributed by atoms with Crippen molar-refractivity contribution in [2.75, 3.05) is 6.54 Å². The molecule has 0 unspecified atom stereocenters. The number of rotatable bonds is 2. The zero-order valence-electron chi connectivity index (χ0n) is 12.3. The average molecular weight is 282 g/mol. The largest absolute Gasteiger partial charge is 0.486 e. The van der Waals surface area contributed by atoms with E-state index in [0.29, 0.717) is 12.3 Å². The Balaban J connectivity index is 1.84. The van der Waals surface area contributed by atoms with Crippen LogP contribution in [0.2, 0.25) is 0 Å². The Kier molecular flexibility index (Phi) is 3.44. The molecular formula is C17H18N2O2. The minimum absolute atomic E-state index is 0.267. The number of nitrogens with zero attached hydrogens (tertiary/aromatic N) is 2. The van der Waals surface area contributed by atoms with Crippen LogP contribution in [-0.2, 0) is 13.1 Å². The van der Waals surface area contributed by atoms with Crippen LogP contribution in [0.3, 0.4) is 0 Å². The number of nitriles is 1. The van der Waals surface area contributed by atoms with Gasteiger partial charge in [-0.1, -0.05) is 18.2 Å². The van der Waals surface area contributed by atoms with E-state index >= 15 is 0 Å². The van der Waals surface area contributed by atoms with Crippen LogP contribution in [0.5, 0.6) is 5.75 Å². The zero-order valence-corrected chi connectivity index (χ0v) is 12.3. The van der Waals surface area contributed by atoms with Crippen LogP contribution in [-0.4, -0.2) is 17.0 Å². The van der Waals surface area contributed by atoms with Gasteiger partial charge in [0.25, 0.3) is 0 Å². The van der Waals surface area contributed by atoms with E-state index in [4.69, 9.17) is 14.4 Å². The lowest BCUT2D eigenvalue weighted by Crippen LogP contribution is -2.40. The highest BCUT2D eigenvalue weighted by Gasteiger charge is 2.29. The van der Waals surface area contributed by atoms with Crippen LogP contribution in [0.25, 0.3) is 0 Å². The van der Waals surface area contributed by atoms with Crippen molar-refractivity contribution in [2.45, 2.75) is 32.5 Å². The van der Waals surface area contributed by atoms with Gasteiger partial charge in [-0.05, 0) is 32.0 Å². The first-order chi connectivity index (χ1) is 10.1. The maximum absolute atomic E-state index is 8.84. The third kappa shape index (κ3) is 3.09. The Morgan fingerprint density at radius 3 is 2.81 bits per heavy atom. The van der Waals surface area contributed by atoms with E-state index in [9.17, 15) is 0 Å². The van der Waals surface area contributed by atoms with E-state index in [1.54, 1.807) is 6.07 Å². The number of hydrogen-bond donors (Lipinski definition) is 0. The quantitative estimate of drug-likeness (QED) is 0.847. The van der Waals surface area contributed by atoms with Crippen LogP contribution in [0.1, 0.15) is 30.9 Å². The predicted molar refractivity (Wildman–Crippen MR) is 78.7 cm³/mol. The molecule has 3 rings (SSSR count). The molecule has 1 aliphatic heterocycles. The molecule has 0 radical (unpaired) electrons. The molecule has 2 aromatic rings. The summed E-state index contributed by atoms with van der Waals surface area (Å²) in [5, 5.41) is 8.84. The topological polar surface area (TPSA) is 49.4 Å². The number of ether oxygens (including phenoxy) is 1. The summed E-state index contributed by atoms with van der Waals surface area (Å²) < 4.78 is 11.6. The summed E-state index contributed by atoms with van der Waals surface area (Å²) in [6.45, 7) is 6.45. The van der Waals surface area contributed by atoms with Crippen LogP contribution in [0.15, 0.2) is 40.8 Å². The molecule has 0 spiro atoms. The molecule has 0 amide bonds. The van der Waals surface area contributed by atoms with Crippen molar-refractivity contribution in [3.8, 4) is 11.8 Å². The van der Waals surface area contributed by atoms with E-state index in [0.717, 1.165) is 24.6 Å². The maximum atomic E-state index is 8.84. The van der Waals surface area contributed by atoms with Crippen LogP contribution >= 0.6 is 0 Å². The molecule has 0 aliphatic carbocycles. The lowest BCUT2D eigenvalue weighted by atomic mass is 10.1. The summed E-state index contributed by atoms with van der Waals surface area (Å²) in [6, 6.07) is 13.7. The molecule has 108 valence electrons. The summed E-state index contributed by atoms with van der Waals surface area (Å²) in [4.78, 5) is 2.28. The second-order valence-electron chi connectivity index (χ2n) is 5.99. The van der Waals surface area contributed by atoms with Crippen LogP contribution in [0, 0.1) is 11.3 Å². The molecule has 4 nitrogen and oxygen atoms in total. The first-order valence-electron chi connectivity index (χ1n) is 7.04. The fraction of sp³-hybridized carbons (Fsp3) is 0.353. The monoisotopic (exact) mass is 282 g/mol. The van der Waals surface area contributed by atoms with Gasteiger partial charge in [-0.3, -0.25) is 4.90 Å². The van der Waals surface area contributed by atoms with Gasteiger partial charge < -0.3 is 9.15 Å². The Bertz CT molecular complexity index is 682. The van der Waals surface area contributed by atoms with Gasteiger partial charge in [0.15, 0.2) is 0 Å². The number of hydrogen-bond acceptors (Lipinski definition) is 4. The van der Waals surface area contributed by atoms with E-state index in [1.807, 2.05) is 30.3 Å². The van der Waals surface area contributed by atoms with E-state index in [2.05, 4.69) is 24.8 Å². The molecule has 0 bridgehead atoms. The molecule has 0 N–H and O–H groups in total. The fourth-order valence-corrected chi connectivity index (χ4v) is 2.75. The van der Waals surface area contributed by atoms with Crippen molar-refractivity contribution in [1.82, 2.24) is 4.90 Å². The normalized spacial score (nSPS) is 17.4. The molecule has 0 saturated carbocycles. The second kappa shape index (κ2) is 5.27. The first-order valence-corrected chi connectivity index (χ1v) is 7.04. The van der Waals surface area contributed by atoms with Crippen molar-refractivity contribution >= 4 is 0 Å². The summed E-state index contributed by atoms with van der Waals surface area (Å²) >= 11 is 0. The van der Waals surface area contributed by atoms with Gasteiger partial charge in [-0.25, -0.2) is 0 Å². The second-order valence-corrected chi connectivity index (χ2v) is 5.99. The Labute approximate surface area is 124 Å². The maximum Gasteiger partial charge on any atom is 0.203 e. The molecule has 1 aromatic carbocycles.